The van der Waals surface area contributed by atoms with Crippen LogP contribution in [-0.4, -0.2) is 100 Å². The van der Waals surface area contributed by atoms with Crippen LogP contribution in [0.3, 0.4) is 0 Å². The lowest BCUT2D eigenvalue weighted by Crippen LogP contribution is -2.55. The Morgan fingerprint density at radius 1 is 0.955 bits per heavy atom. The highest BCUT2D eigenvalue weighted by Crippen LogP contribution is 2.87. The quantitative estimate of drug-likeness (QED) is 0.230. The second-order valence-corrected chi connectivity index (χ2v) is 16.6. The van der Waals surface area contributed by atoms with Crippen LogP contribution in [0.15, 0.2) is 11.6 Å². The van der Waals surface area contributed by atoms with Crippen LogP contribution >= 0.6 is 0 Å². The highest BCUT2D eigenvalue weighted by molar-refractivity contribution is 5.36. The fourth-order valence-corrected chi connectivity index (χ4v) is 12.6. The van der Waals surface area contributed by atoms with Crippen molar-refractivity contribution in [3.63, 3.8) is 0 Å². The molecule has 7 rings (SSSR count). The summed E-state index contributed by atoms with van der Waals surface area (Å²) in [4.78, 5) is 2.74. The van der Waals surface area contributed by atoms with Crippen LogP contribution in [0, 0.1) is 45.8 Å². The van der Waals surface area contributed by atoms with Crippen LogP contribution in [0.2, 0.25) is 0 Å². The van der Waals surface area contributed by atoms with Crippen molar-refractivity contribution in [3.05, 3.63) is 11.6 Å². The topological polar surface area (TPSA) is 69.6 Å². The van der Waals surface area contributed by atoms with Gasteiger partial charge in [0.2, 0.25) is 0 Å². The molecule has 2 heterocycles. The van der Waals surface area contributed by atoms with Gasteiger partial charge < -0.3 is 28.8 Å². The van der Waals surface area contributed by atoms with E-state index in [1.54, 1.807) is 12.7 Å². The number of rotatable bonds is 12. The van der Waals surface area contributed by atoms with Crippen LogP contribution < -0.4 is 0 Å². The Hall–Kier alpha value is -0.540. The van der Waals surface area contributed by atoms with E-state index in [1.165, 1.54) is 44.9 Å². The average molecular weight is 616 g/mol. The van der Waals surface area contributed by atoms with E-state index in [-0.39, 0.29) is 17.1 Å². The Bertz CT molecular complexity index is 1070. The van der Waals surface area contributed by atoms with Crippen molar-refractivity contribution >= 4 is 0 Å². The minimum Gasteiger partial charge on any atom is -0.393 e. The van der Waals surface area contributed by atoms with Crippen molar-refractivity contribution in [3.8, 4) is 0 Å². The summed E-state index contributed by atoms with van der Waals surface area (Å²) in [6, 6.07) is 0.496. The van der Waals surface area contributed by atoms with Gasteiger partial charge in [-0.2, -0.15) is 0 Å². The molecule has 12 atom stereocenters. The molecule has 0 aromatic rings. The Morgan fingerprint density at radius 3 is 2.43 bits per heavy atom. The van der Waals surface area contributed by atoms with Gasteiger partial charge in [-0.3, -0.25) is 4.90 Å². The van der Waals surface area contributed by atoms with Crippen LogP contribution in [0.5, 0.6) is 0 Å². The smallest absolute Gasteiger partial charge is 0.0787 e. The number of allylic oxidation sites excluding steroid dienone is 1. The molecular formula is C37H61NO6. The van der Waals surface area contributed by atoms with E-state index < -0.39 is 0 Å². The summed E-state index contributed by atoms with van der Waals surface area (Å²) >= 11 is 0. The molecule has 0 amide bonds. The zero-order valence-corrected chi connectivity index (χ0v) is 28.4. The molecule has 2 saturated heterocycles. The summed E-state index contributed by atoms with van der Waals surface area (Å²) in [7, 11) is 1.69. The van der Waals surface area contributed by atoms with Crippen molar-refractivity contribution in [2.24, 2.45) is 45.8 Å². The van der Waals surface area contributed by atoms with Gasteiger partial charge in [0.25, 0.3) is 0 Å². The van der Waals surface area contributed by atoms with Crippen molar-refractivity contribution in [2.75, 3.05) is 66.4 Å². The van der Waals surface area contributed by atoms with Gasteiger partial charge in [0.15, 0.2) is 0 Å². The Labute approximate surface area is 266 Å². The first kappa shape index (κ1) is 32.0. The molecule has 2 spiro atoms. The molecule has 7 heteroatoms. The molecule has 0 radical (unpaired) electrons. The number of methoxy groups -OCH3 is 1. The lowest BCUT2D eigenvalue weighted by atomic mass is 9.56. The van der Waals surface area contributed by atoms with Gasteiger partial charge in [0.05, 0.1) is 64.1 Å². The molecule has 4 saturated carbocycles. The molecule has 5 aliphatic carbocycles. The maximum atomic E-state index is 10.5. The number of piperidine rings is 1. The third-order valence-electron chi connectivity index (χ3n) is 14.7. The van der Waals surface area contributed by atoms with Crippen LogP contribution in [0.25, 0.3) is 0 Å². The van der Waals surface area contributed by atoms with Gasteiger partial charge in [0, 0.05) is 37.6 Å². The number of likely N-dealkylation sites (tertiary alicyclic amines) is 1. The van der Waals surface area contributed by atoms with E-state index >= 15 is 0 Å². The van der Waals surface area contributed by atoms with Crippen molar-refractivity contribution in [1.82, 2.24) is 4.90 Å². The highest BCUT2D eigenvalue weighted by Gasteiger charge is 2.84. The van der Waals surface area contributed by atoms with E-state index in [4.69, 9.17) is 23.7 Å². The van der Waals surface area contributed by atoms with E-state index in [1.807, 2.05) is 0 Å². The number of hydrogen-bond donors (Lipinski definition) is 1. The van der Waals surface area contributed by atoms with Crippen molar-refractivity contribution in [2.45, 2.75) is 109 Å². The standard InChI is InChI=1S/C37H61NO6/c1-25-20-32-33(38(23-25)12-13-41-16-17-43-19-18-42-15-14-40-5)26(2)37(44-32)11-9-30-29-7-6-27-21-28(39)8-10-34(27,3)31(29)22-36(30)24-35(36,37)4/h6,25-26,28-33,39H,7-24H2,1-5H3/t25-,26+,28-,29-,30-,31-,32+,33-,34-,35?,36?,37+/m0/s1. The average Bonchev–Trinajstić information content (AvgIpc) is 3.34. The molecule has 1 N–H and O–H groups in total. The van der Waals surface area contributed by atoms with Crippen LogP contribution in [0.1, 0.15) is 85.5 Å². The monoisotopic (exact) mass is 615 g/mol. The highest BCUT2D eigenvalue weighted by atomic mass is 16.6. The third-order valence-corrected chi connectivity index (χ3v) is 14.7. The van der Waals surface area contributed by atoms with Crippen molar-refractivity contribution in [1.29, 1.82) is 0 Å². The summed E-state index contributed by atoms with van der Waals surface area (Å²) in [5.74, 6) is 3.67. The number of ether oxygens (including phenoxy) is 5. The molecule has 44 heavy (non-hydrogen) atoms. The molecule has 250 valence electrons. The van der Waals surface area contributed by atoms with Crippen molar-refractivity contribution < 1.29 is 28.8 Å². The molecule has 0 aromatic heterocycles. The van der Waals surface area contributed by atoms with Gasteiger partial charge in [-0.05, 0) is 92.3 Å². The molecular weight excluding hydrogens is 554 g/mol. The number of hydrogen-bond acceptors (Lipinski definition) is 7. The van der Waals surface area contributed by atoms with Gasteiger partial charge in [-0.1, -0.05) is 39.3 Å². The fourth-order valence-electron chi connectivity index (χ4n) is 12.6. The first-order valence-electron chi connectivity index (χ1n) is 18.2. The minimum atomic E-state index is -0.126. The van der Waals surface area contributed by atoms with E-state index in [9.17, 15) is 5.11 Å². The molecule has 7 aliphatic rings. The molecule has 0 aromatic carbocycles. The predicted molar refractivity (Wildman–Crippen MR) is 170 cm³/mol. The third kappa shape index (κ3) is 4.92. The lowest BCUT2D eigenvalue weighted by Gasteiger charge is -2.50. The minimum absolute atomic E-state index is 0.00851. The van der Waals surface area contributed by atoms with E-state index in [2.05, 4.69) is 38.7 Å². The molecule has 6 fully saturated rings. The fraction of sp³-hybridized carbons (Fsp3) is 0.946. The Morgan fingerprint density at radius 2 is 1.68 bits per heavy atom. The van der Waals surface area contributed by atoms with Gasteiger partial charge in [0.1, 0.15) is 0 Å². The Balaban J connectivity index is 0.979. The normalized spacial score (nSPS) is 49.2. The zero-order chi connectivity index (χ0) is 30.7. The second kappa shape index (κ2) is 12.2. The maximum Gasteiger partial charge on any atom is 0.0787 e. The predicted octanol–water partition coefficient (Wildman–Crippen LogP) is 5.49. The molecule has 2 unspecified atom stereocenters. The molecule has 7 nitrogen and oxygen atoms in total. The van der Waals surface area contributed by atoms with Crippen LogP contribution in [0.4, 0.5) is 0 Å². The first-order valence-corrected chi connectivity index (χ1v) is 18.2. The van der Waals surface area contributed by atoms with Gasteiger partial charge >= 0.3 is 0 Å². The van der Waals surface area contributed by atoms with Crippen LogP contribution in [-0.2, 0) is 23.7 Å². The SMILES string of the molecule is COCCOCCOCCOCCN1C[C@@H](C)C[C@H]2O[C@]3(CC[C@H]4[C@@H]5CC=C6C[C@@H](O)CC[C@]6(C)[C@H]5CC45CC53C)[C@H](C)[C@@H]21. The summed E-state index contributed by atoms with van der Waals surface area (Å²) in [5, 5.41) is 10.5. The summed E-state index contributed by atoms with van der Waals surface area (Å²) in [6.07, 6.45) is 13.7. The van der Waals surface area contributed by atoms with E-state index in [0.29, 0.717) is 74.5 Å². The maximum absolute atomic E-state index is 10.5. The molecule has 0 bridgehead atoms. The van der Waals surface area contributed by atoms with Gasteiger partial charge in [-0.15, -0.1) is 0 Å². The summed E-state index contributed by atoms with van der Waals surface area (Å²) in [6.45, 7) is 16.7. The Kier molecular flexibility index (Phi) is 8.85. The van der Waals surface area contributed by atoms with E-state index in [0.717, 1.165) is 50.3 Å². The number of aliphatic hydroxyl groups is 1. The summed E-state index contributed by atoms with van der Waals surface area (Å²) in [5.41, 5.74) is 2.65. The second-order valence-electron chi connectivity index (χ2n) is 16.6. The number of nitrogens with zero attached hydrogens (tertiary/aromatic N) is 1. The van der Waals surface area contributed by atoms with Gasteiger partial charge in [-0.25, -0.2) is 0 Å². The number of aliphatic hydroxyl groups excluding tert-OH is 1. The zero-order valence-electron chi connectivity index (χ0n) is 28.4. The number of fused-ring (bicyclic) bond motifs is 6. The largest absolute Gasteiger partial charge is 0.393 e. The first-order chi connectivity index (χ1) is 21.2. The summed E-state index contributed by atoms with van der Waals surface area (Å²) < 4.78 is 29.7. The lowest BCUT2D eigenvalue weighted by molar-refractivity contribution is -0.148. The molecule has 2 aliphatic heterocycles.